The molecule has 5 heteroatoms. The number of anilines is 1. The number of rotatable bonds is 5. The van der Waals surface area contributed by atoms with E-state index in [0.717, 1.165) is 6.07 Å². The molecule has 0 unspecified atom stereocenters. The standard InChI is InChI=1S/C15H22F3NO/c1-10(2)8-19(11(3)4)13-6-5-12(9-20)14(7-13)15(16,17)18/h5-7,10-11,20H,8-9H2,1-4H3. The molecule has 0 atom stereocenters. The van der Waals surface area contributed by atoms with E-state index in [1.807, 2.05) is 32.6 Å². The van der Waals surface area contributed by atoms with Crippen LogP contribution in [-0.4, -0.2) is 17.7 Å². The summed E-state index contributed by atoms with van der Waals surface area (Å²) in [7, 11) is 0. The van der Waals surface area contributed by atoms with E-state index in [9.17, 15) is 13.2 Å². The van der Waals surface area contributed by atoms with Gasteiger partial charge in [0, 0.05) is 18.3 Å². The normalized spacial score (nSPS) is 12.3. The molecule has 1 aromatic carbocycles. The first-order valence-corrected chi connectivity index (χ1v) is 6.74. The van der Waals surface area contributed by atoms with Gasteiger partial charge in [-0.3, -0.25) is 0 Å². The summed E-state index contributed by atoms with van der Waals surface area (Å²) in [6, 6.07) is 4.24. The highest BCUT2D eigenvalue weighted by Gasteiger charge is 2.34. The maximum absolute atomic E-state index is 13.0. The number of alkyl halides is 3. The van der Waals surface area contributed by atoms with Gasteiger partial charge in [0.1, 0.15) is 0 Å². The van der Waals surface area contributed by atoms with Crippen LogP contribution < -0.4 is 4.90 Å². The first-order valence-electron chi connectivity index (χ1n) is 6.74. The molecular weight excluding hydrogens is 267 g/mol. The zero-order valence-corrected chi connectivity index (χ0v) is 12.3. The lowest BCUT2D eigenvalue weighted by atomic mass is 10.0. The van der Waals surface area contributed by atoms with E-state index in [4.69, 9.17) is 5.11 Å². The fraction of sp³-hybridized carbons (Fsp3) is 0.600. The van der Waals surface area contributed by atoms with Crippen molar-refractivity contribution >= 4 is 5.69 Å². The van der Waals surface area contributed by atoms with Crippen molar-refractivity contribution in [2.45, 2.75) is 46.5 Å². The predicted molar refractivity (Wildman–Crippen MR) is 74.7 cm³/mol. The fourth-order valence-electron chi connectivity index (χ4n) is 2.15. The minimum Gasteiger partial charge on any atom is -0.392 e. The second kappa shape index (κ2) is 6.48. The highest BCUT2D eigenvalue weighted by atomic mass is 19.4. The molecule has 0 heterocycles. The molecule has 0 bridgehead atoms. The second-order valence-electron chi connectivity index (χ2n) is 5.64. The zero-order chi connectivity index (χ0) is 15.5. The third kappa shape index (κ3) is 4.13. The van der Waals surface area contributed by atoms with Crippen LogP contribution in [0.3, 0.4) is 0 Å². The van der Waals surface area contributed by atoms with E-state index in [1.165, 1.54) is 6.07 Å². The highest BCUT2D eigenvalue weighted by Crippen LogP contribution is 2.35. The number of nitrogens with zero attached hydrogens (tertiary/aromatic N) is 1. The van der Waals surface area contributed by atoms with Gasteiger partial charge >= 0.3 is 6.18 Å². The SMILES string of the molecule is CC(C)CN(c1ccc(CO)c(C(F)(F)F)c1)C(C)C. The summed E-state index contributed by atoms with van der Waals surface area (Å²) in [5.74, 6) is 0.351. The summed E-state index contributed by atoms with van der Waals surface area (Å²) in [6.45, 7) is 8.05. The largest absolute Gasteiger partial charge is 0.416 e. The molecule has 20 heavy (non-hydrogen) atoms. The number of aliphatic hydroxyl groups excluding tert-OH is 1. The van der Waals surface area contributed by atoms with Crippen LogP contribution in [0.4, 0.5) is 18.9 Å². The Morgan fingerprint density at radius 2 is 1.75 bits per heavy atom. The van der Waals surface area contributed by atoms with Crippen molar-refractivity contribution in [1.82, 2.24) is 0 Å². The molecule has 0 aliphatic carbocycles. The van der Waals surface area contributed by atoms with Gasteiger partial charge in [-0.15, -0.1) is 0 Å². The van der Waals surface area contributed by atoms with Crippen molar-refractivity contribution in [3.63, 3.8) is 0 Å². The van der Waals surface area contributed by atoms with Crippen molar-refractivity contribution in [1.29, 1.82) is 0 Å². The maximum atomic E-state index is 13.0. The van der Waals surface area contributed by atoms with Gasteiger partial charge in [0.2, 0.25) is 0 Å². The minimum atomic E-state index is -4.45. The molecule has 0 amide bonds. The summed E-state index contributed by atoms with van der Waals surface area (Å²) >= 11 is 0. The molecule has 2 nitrogen and oxygen atoms in total. The van der Waals surface area contributed by atoms with Crippen LogP contribution in [0, 0.1) is 5.92 Å². The fourth-order valence-corrected chi connectivity index (χ4v) is 2.15. The summed E-state index contributed by atoms with van der Waals surface area (Å²) in [5.41, 5.74) is -0.306. The molecule has 0 saturated carbocycles. The van der Waals surface area contributed by atoms with Crippen molar-refractivity contribution in [3.8, 4) is 0 Å². The van der Waals surface area contributed by atoms with E-state index < -0.39 is 18.3 Å². The Balaban J connectivity index is 3.24. The summed E-state index contributed by atoms with van der Waals surface area (Å²) in [5, 5.41) is 9.05. The van der Waals surface area contributed by atoms with Crippen LogP contribution in [-0.2, 0) is 12.8 Å². The second-order valence-corrected chi connectivity index (χ2v) is 5.64. The quantitative estimate of drug-likeness (QED) is 0.883. The molecule has 114 valence electrons. The summed E-state index contributed by atoms with van der Waals surface area (Å²) < 4.78 is 39.0. The summed E-state index contributed by atoms with van der Waals surface area (Å²) in [6.07, 6.45) is -4.45. The van der Waals surface area contributed by atoms with Gasteiger partial charge in [-0.2, -0.15) is 13.2 Å². The topological polar surface area (TPSA) is 23.5 Å². The molecule has 0 spiro atoms. The average Bonchev–Trinajstić information content (AvgIpc) is 2.33. The number of hydrogen-bond donors (Lipinski definition) is 1. The van der Waals surface area contributed by atoms with E-state index in [-0.39, 0.29) is 11.6 Å². The van der Waals surface area contributed by atoms with Gasteiger partial charge in [-0.1, -0.05) is 19.9 Å². The monoisotopic (exact) mass is 289 g/mol. The molecule has 0 aliphatic heterocycles. The smallest absolute Gasteiger partial charge is 0.392 e. The number of hydrogen-bond acceptors (Lipinski definition) is 2. The first-order chi connectivity index (χ1) is 9.16. The molecule has 1 aromatic rings. The van der Waals surface area contributed by atoms with Crippen molar-refractivity contribution in [3.05, 3.63) is 29.3 Å². The Kier molecular flexibility index (Phi) is 5.45. The van der Waals surface area contributed by atoms with Crippen LogP contribution in [0.15, 0.2) is 18.2 Å². The lowest BCUT2D eigenvalue weighted by molar-refractivity contribution is -0.138. The lowest BCUT2D eigenvalue weighted by Crippen LogP contribution is -2.34. The number of benzene rings is 1. The molecule has 0 radical (unpaired) electrons. The van der Waals surface area contributed by atoms with Crippen molar-refractivity contribution in [2.24, 2.45) is 5.92 Å². The van der Waals surface area contributed by atoms with Crippen LogP contribution >= 0.6 is 0 Å². The third-order valence-corrected chi connectivity index (χ3v) is 3.09. The highest BCUT2D eigenvalue weighted by molar-refractivity contribution is 5.52. The van der Waals surface area contributed by atoms with E-state index in [2.05, 4.69) is 0 Å². The van der Waals surface area contributed by atoms with Crippen molar-refractivity contribution in [2.75, 3.05) is 11.4 Å². The zero-order valence-electron chi connectivity index (χ0n) is 12.3. The predicted octanol–water partition coefficient (Wildman–Crippen LogP) is 4.07. The number of halogens is 3. The van der Waals surface area contributed by atoms with Gasteiger partial charge in [0.15, 0.2) is 0 Å². The van der Waals surface area contributed by atoms with E-state index >= 15 is 0 Å². The molecule has 0 fully saturated rings. The molecular formula is C15H22F3NO. The molecule has 0 saturated heterocycles. The Bertz CT molecular complexity index is 441. The molecule has 0 aromatic heterocycles. The van der Waals surface area contributed by atoms with Crippen LogP contribution in [0.1, 0.15) is 38.8 Å². The molecule has 1 N–H and O–H groups in total. The van der Waals surface area contributed by atoms with Gasteiger partial charge in [0.25, 0.3) is 0 Å². The Labute approximate surface area is 118 Å². The van der Waals surface area contributed by atoms with E-state index in [1.54, 1.807) is 6.07 Å². The Hall–Kier alpha value is -1.23. The Morgan fingerprint density at radius 1 is 1.15 bits per heavy atom. The lowest BCUT2D eigenvalue weighted by Gasteiger charge is -2.31. The Morgan fingerprint density at radius 3 is 2.15 bits per heavy atom. The summed E-state index contributed by atoms with van der Waals surface area (Å²) in [4.78, 5) is 1.95. The van der Waals surface area contributed by atoms with Crippen molar-refractivity contribution < 1.29 is 18.3 Å². The van der Waals surface area contributed by atoms with Gasteiger partial charge < -0.3 is 10.0 Å². The van der Waals surface area contributed by atoms with Crippen LogP contribution in [0.25, 0.3) is 0 Å². The average molecular weight is 289 g/mol. The van der Waals surface area contributed by atoms with Gasteiger partial charge in [-0.25, -0.2) is 0 Å². The van der Waals surface area contributed by atoms with Gasteiger partial charge in [0.05, 0.1) is 12.2 Å². The van der Waals surface area contributed by atoms with Crippen LogP contribution in [0.5, 0.6) is 0 Å². The van der Waals surface area contributed by atoms with Crippen LogP contribution in [0.2, 0.25) is 0 Å². The molecule has 0 aliphatic rings. The van der Waals surface area contributed by atoms with E-state index in [0.29, 0.717) is 18.2 Å². The van der Waals surface area contributed by atoms with Gasteiger partial charge in [-0.05, 0) is 37.5 Å². The minimum absolute atomic E-state index is 0.0884. The maximum Gasteiger partial charge on any atom is 0.416 e. The number of aliphatic hydroxyl groups is 1. The third-order valence-electron chi connectivity index (χ3n) is 3.09. The molecule has 1 rings (SSSR count). The first kappa shape index (κ1) is 16.8.